The molecule has 1 N–H and O–H groups in total. The number of aryl methyl sites for hydroxylation is 1. The molecule has 3 aromatic rings. The molecule has 0 aliphatic heterocycles. The standard InChI is InChI=1S/C16H15N3/c1-12-6-8-13(9-7-12)17-10-14-11-18-15-4-2-3-5-16(15)19-14/h2-9,11,17H,10H2,1H3. The van der Waals surface area contributed by atoms with Gasteiger partial charge in [-0.25, -0.2) is 4.98 Å². The van der Waals surface area contributed by atoms with Gasteiger partial charge in [0.2, 0.25) is 0 Å². The van der Waals surface area contributed by atoms with Crippen LogP contribution in [-0.2, 0) is 6.54 Å². The average molecular weight is 249 g/mol. The molecule has 0 atom stereocenters. The second-order valence-electron chi connectivity index (χ2n) is 4.57. The van der Waals surface area contributed by atoms with E-state index in [9.17, 15) is 0 Å². The van der Waals surface area contributed by atoms with Gasteiger partial charge in [0.05, 0.1) is 29.5 Å². The average Bonchev–Trinajstić information content (AvgIpc) is 2.46. The minimum absolute atomic E-state index is 0.681. The van der Waals surface area contributed by atoms with Crippen LogP contribution in [0, 0.1) is 6.92 Å². The highest BCUT2D eigenvalue weighted by Gasteiger charge is 1.99. The largest absolute Gasteiger partial charge is 0.379 e. The predicted octanol–water partition coefficient (Wildman–Crippen LogP) is 3.55. The normalized spacial score (nSPS) is 10.6. The van der Waals surface area contributed by atoms with Gasteiger partial charge in [-0.05, 0) is 31.2 Å². The monoisotopic (exact) mass is 249 g/mol. The summed E-state index contributed by atoms with van der Waals surface area (Å²) in [6.07, 6.45) is 1.82. The van der Waals surface area contributed by atoms with Gasteiger partial charge >= 0.3 is 0 Å². The zero-order chi connectivity index (χ0) is 13.1. The van der Waals surface area contributed by atoms with Crippen LogP contribution in [0.5, 0.6) is 0 Å². The van der Waals surface area contributed by atoms with Crippen molar-refractivity contribution < 1.29 is 0 Å². The molecule has 0 saturated heterocycles. The van der Waals surface area contributed by atoms with Crippen molar-refractivity contribution in [3.8, 4) is 0 Å². The van der Waals surface area contributed by atoms with Crippen molar-refractivity contribution in [1.29, 1.82) is 0 Å². The third-order valence-electron chi connectivity index (χ3n) is 3.02. The van der Waals surface area contributed by atoms with Gasteiger partial charge in [-0.2, -0.15) is 0 Å². The van der Waals surface area contributed by atoms with Crippen LogP contribution in [0.4, 0.5) is 5.69 Å². The lowest BCUT2D eigenvalue weighted by atomic mass is 10.2. The highest BCUT2D eigenvalue weighted by Crippen LogP contribution is 2.12. The van der Waals surface area contributed by atoms with Crippen molar-refractivity contribution >= 4 is 16.7 Å². The minimum Gasteiger partial charge on any atom is -0.379 e. The summed E-state index contributed by atoms with van der Waals surface area (Å²) in [5.74, 6) is 0. The maximum absolute atomic E-state index is 4.58. The van der Waals surface area contributed by atoms with Crippen LogP contribution < -0.4 is 5.32 Å². The van der Waals surface area contributed by atoms with Gasteiger partial charge in [-0.15, -0.1) is 0 Å². The van der Waals surface area contributed by atoms with E-state index in [1.54, 1.807) is 0 Å². The first kappa shape index (κ1) is 11.7. The van der Waals surface area contributed by atoms with Crippen molar-refractivity contribution in [2.75, 3.05) is 5.32 Å². The van der Waals surface area contributed by atoms with Gasteiger partial charge in [-0.3, -0.25) is 4.98 Å². The zero-order valence-corrected chi connectivity index (χ0v) is 10.8. The second kappa shape index (κ2) is 5.06. The molecule has 0 aliphatic carbocycles. The lowest BCUT2D eigenvalue weighted by Gasteiger charge is -2.06. The molecule has 1 heterocycles. The van der Waals surface area contributed by atoms with E-state index in [2.05, 4.69) is 46.5 Å². The van der Waals surface area contributed by atoms with Crippen LogP contribution in [0.2, 0.25) is 0 Å². The van der Waals surface area contributed by atoms with Gasteiger partial charge < -0.3 is 5.32 Å². The van der Waals surface area contributed by atoms with Gasteiger partial charge in [0, 0.05) is 5.69 Å². The molecule has 0 aliphatic rings. The first-order valence-corrected chi connectivity index (χ1v) is 6.32. The SMILES string of the molecule is Cc1ccc(NCc2cnc3ccccc3n2)cc1. The molecule has 1 aromatic heterocycles. The molecule has 3 nitrogen and oxygen atoms in total. The molecule has 3 rings (SSSR count). The zero-order valence-electron chi connectivity index (χ0n) is 10.8. The molecule has 19 heavy (non-hydrogen) atoms. The first-order valence-electron chi connectivity index (χ1n) is 6.32. The Bertz CT molecular complexity index is 690. The van der Waals surface area contributed by atoms with Crippen molar-refractivity contribution in [2.24, 2.45) is 0 Å². The molecule has 0 amide bonds. The number of hydrogen-bond acceptors (Lipinski definition) is 3. The molecule has 94 valence electrons. The quantitative estimate of drug-likeness (QED) is 0.771. The Morgan fingerprint density at radius 2 is 1.68 bits per heavy atom. The van der Waals surface area contributed by atoms with Crippen molar-refractivity contribution in [3.05, 3.63) is 66.0 Å². The second-order valence-corrected chi connectivity index (χ2v) is 4.57. The Morgan fingerprint density at radius 1 is 0.947 bits per heavy atom. The fourth-order valence-corrected chi connectivity index (χ4v) is 1.94. The van der Waals surface area contributed by atoms with Crippen LogP contribution in [-0.4, -0.2) is 9.97 Å². The Labute approximate surface area is 112 Å². The third-order valence-corrected chi connectivity index (χ3v) is 3.02. The van der Waals surface area contributed by atoms with E-state index < -0.39 is 0 Å². The molecular formula is C16H15N3. The lowest BCUT2D eigenvalue weighted by Crippen LogP contribution is -2.02. The van der Waals surface area contributed by atoms with E-state index >= 15 is 0 Å². The molecule has 0 spiro atoms. The Hall–Kier alpha value is -2.42. The van der Waals surface area contributed by atoms with E-state index in [4.69, 9.17) is 0 Å². The fraction of sp³-hybridized carbons (Fsp3) is 0.125. The number of benzene rings is 2. The summed E-state index contributed by atoms with van der Waals surface area (Å²) in [6.45, 7) is 2.76. The summed E-state index contributed by atoms with van der Waals surface area (Å²) in [4.78, 5) is 8.99. The topological polar surface area (TPSA) is 37.8 Å². The maximum Gasteiger partial charge on any atom is 0.0890 e. The number of aromatic nitrogens is 2. The van der Waals surface area contributed by atoms with Crippen molar-refractivity contribution in [2.45, 2.75) is 13.5 Å². The Kier molecular flexibility index (Phi) is 3.11. The van der Waals surface area contributed by atoms with Crippen molar-refractivity contribution in [3.63, 3.8) is 0 Å². The van der Waals surface area contributed by atoms with Crippen LogP contribution in [0.25, 0.3) is 11.0 Å². The van der Waals surface area contributed by atoms with Crippen LogP contribution >= 0.6 is 0 Å². The number of rotatable bonds is 3. The van der Waals surface area contributed by atoms with E-state index in [0.29, 0.717) is 6.54 Å². The smallest absolute Gasteiger partial charge is 0.0890 e. The van der Waals surface area contributed by atoms with E-state index in [0.717, 1.165) is 22.4 Å². The van der Waals surface area contributed by atoms with E-state index in [1.807, 2.05) is 30.5 Å². The Morgan fingerprint density at radius 3 is 2.47 bits per heavy atom. The van der Waals surface area contributed by atoms with Gasteiger partial charge in [0.15, 0.2) is 0 Å². The molecule has 2 aromatic carbocycles. The van der Waals surface area contributed by atoms with Gasteiger partial charge in [-0.1, -0.05) is 29.8 Å². The molecular weight excluding hydrogens is 234 g/mol. The minimum atomic E-state index is 0.681. The fourth-order valence-electron chi connectivity index (χ4n) is 1.94. The number of fused-ring (bicyclic) bond motifs is 1. The van der Waals surface area contributed by atoms with Gasteiger partial charge in [0.25, 0.3) is 0 Å². The molecule has 0 saturated carbocycles. The first-order chi connectivity index (χ1) is 9.31. The molecule has 3 heteroatoms. The maximum atomic E-state index is 4.58. The predicted molar refractivity (Wildman–Crippen MR) is 78.0 cm³/mol. The summed E-state index contributed by atoms with van der Waals surface area (Å²) in [6, 6.07) is 16.2. The number of nitrogens with zero attached hydrogens (tertiary/aromatic N) is 2. The number of para-hydroxylation sites is 2. The Balaban J connectivity index is 1.76. The highest BCUT2D eigenvalue weighted by atomic mass is 14.9. The van der Waals surface area contributed by atoms with Crippen LogP contribution in [0.15, 0.2) is 54.7 Å². The van der Waals surface area contributed by atoms with Crippen LogP contribution in [0.3, 0.4) is 0 Å². The summed E-state index contributed by atoms with van der Waals surface area (Å²) in [7, 11) is 0. The molecule has 0 radical (unpaired) electrons. The van der Waals surface area contributed by atoms with Crippen molar-refractivity contribution in [1.82, 2.24) is 9.97 Å². The highest BCUT2D eigenvalue weighted by molar-refractivity contribution is 5.73. The number of nitrogens with one attached hydrogen (secondary N) is 1. The molecule has 0 bridgehead atoms. The van der Waals surface area contributed by atoms with E-state index in [1.165, 1.54) is 5.56 Å². The van der Waals surface area contributed by atoms with Gasteiger partial charge in [0.1, 0.15) is 0 Å². The summed E-state index contributed by atoms with van der Waals surface area (Å²) >= 11 is 0. The summed E-state index contributed by atoms with van der Waals surface area (Å²) < 4.78 is 0. The number of hydrogen-bond donors (Lipinski definition) is 1. The van der Waals surface area contributed by atoms with Crippen LogP contribution in [0.1, 0.15) is 11.3 Å². The number of anilines is 1. The third kappa shape index (κ3) is 2.71. The molecule has 0 unspecified atom stereocenters. The summed E-state index contributed by atoms with van der Waals surface area (Å²) in [5, 5.41) is 3.35. The molecule has 0 fully saturated rings. The lowest BCUT2D eigenvalue weighted by molar-refractivity contribution is 1.04. The summed E-state index contributed by atoms with van der Waals surface area (Å²) in [5.41, 5.74) is 5.17. The van der Waals surface area contributed by atoms with E-state index in [-0.39, 0.29) is 0 Å².